The van der Waals surface area contributed by atoms with E-state index in [4.69, 9.17) is 11.5 Å². The first-order valence-corrected chi connectivity index (χ1v) is 8.99. The molecule has 0 atom stereocenters. The number of anilines is 2. The van der Waals surface area contributed by atoms with Gasteiger partial charge in [-0.3, -0.25) is 0 Å². The Hall–Kier alpha value is -1.29. The Labute approximate surface area is 134 Å². The fourth-order valence-corrected chi connectivity index (χ4v) is 4.24. The maximum absolute atomic E-state index is 6.13. The molecule has 0 aromatic carbocycles. The van der Waals surface area contributed by atoms with Crippen LogP contribution in [0.25, 0.3) is 0 Å². The van der Waals surface area contributed by atoms with Crippen LogP contribution in [-0.4, -0.2) is 29.0 Å². The summed E-state index contributed by atoms with van der Waals surface area (Å²) in [6, 6.07) is 2.88. The summed E-state index contributed by atoms with van der Waals surface area (Å²) < 4.78 is 0. The smallest absolute Gasteiger partial charge is 0.146 e. The number of hydrogen-bond donors (Lipinski definition) is 2. The number of likely N-dealkylation sites (tertiary alicyclic amines) is 1. The molecule has 4 heteroatoms. The molecule has 22 heavy (non-hydrogen) atoms. The van der Waals surface area contributed by atoms with E-state index in [1.807, 2.05) is 0 Å². The highest BCUT2D eigenvalue weighted by Crippen LogP contribution is 2.35. The van der Waals surface area contributed by atoms with Crippen LogP contribution in [0.4, 0.5) is 11.5 Å². The minimum atomic E-state index is 0.486. The highest BCUT2D eigenvalue weighted by Gasteiger charge is 2.27. The van der Waals surface area contributed by atoms with Crippen LogP contribution in [0.1, 0.15) is 69.3 Å². The van der Waals surface area contributed by atoms with Crippen LogP contribution in [0.15, 0.2) is 12.3 Å². The molecule has 1 aromatic heterocycles. The zero-order valence-corrected chi connectivity index (χ0v) is 13.6. The first kappa shape index (κ1) is 15.6. The van der Waals surface area contributed by atoms with Gasteiger partial charge in [0, 0.05) is 12.2 Å². The van der Waals surface area contributed by atoms with Gasteiger partial charge >= 0.3 is 0 Å². The molecule has 1 aliphatic heterocycles. The van der Waals surface area contributed by atoms with Gasteiger partial charge in [-0.2, -0.15) is 0 Å². The number of nitrogens with two attached hydrogens (primary N) is 2. The van der Waals surface area contributed by atoms with Crippen molar-refractivity contribution in [2.75, 3.05) is 24.6 Å². The van der Waals surface area contributed by atoms with Gasteiger partial charge in [-0.25, -0.2) is 4.98 Å². The molecule has 0 amide bonds. The van der Waals surface area contributed by atoms with Crippen LogP contribution < -0.4 is 11.5 Å². The number of aromatic nitrogens is 1. The number of nitrogen functional groups attached to an aromatic ring is 2. The Morgan fingerprint density at radius 1 is 0.909 bits per heavy atom. The fourth-order valence-electron chi connectivity index (χ4n) is 4.24. The molecule has 122 valence electrons. The van der Waals surface area contributed by atoms with Crippen LogP contribution in [0.5, 0.6) is 0 Å². The summed E-state index contributed by atoms with van der Waals surface area (Å²) in [4.78, 5) is 6.82. The largest absolute Gasteiger partial charge is 0.396 e. The molecule has 4 N–H and O–H groups in total. The summed E-state index contributed by atoms with van der Waals surface area (Å²) in [6.45, 7) is 2.41. The lowest BCUT2D eigenvalue weighted by atomic mass is 9.87. The summed E-state index contributed by atoms with van der Waals surface area (Å²) in [7, 11) is 0. The molecule has 3 rings (SSSR count). The molecule has 0 spiro atoms. The maximum Gasteiger partial charge on any atom is 0.146 e. The Balaban J connectivity index is 1.58. The van der Waals surface area contributed by atoms with Crippen molar-refractivity contribution < 1.29 is 0 Å². The molecule has 0 unspecified atom stereocenters. The molecule has 4 nitrogen and oxygen atoms in total. The van der Waals surface area contributed by atoms with Crippen molar-refractivity contribution in [2.24, 2.45) is 0 Å². The molecule has 0 bridgehead atoms. The molecule has 0 radical (unpaired) electrons. The predicted molar refractivity (Wildman–Crippen MR) is 92.7 cm³/mol. The van der Waals surface area contributed by atoms with Gasteiger partial charge in [0.2, 0.25) is 0 Å². The van der Waals surface area contributed by atoms with Crippen molar-refractivity contribution in [3.63, 3.8) is 0 Å². The Morgan fingerprint density at radius 2 is 1.55 bits per heavy atom. The van der Waals surface area contributed by atoms with Gasteiger partial charge < -0.3 is 16.4 Å². The third kappa shape index (κ3) is 3.54. The van der Waals surface area contributed by atoms with Crippen LogP contribution in [-0.2, 0) is 0 Å². The van der Waals surface area contributed by atoms with Gasteiger partial charge in [0.15, 0.2) is 0 Å². The first-order valence-electron chi connectivity index (χ1n) is 8.99. The van der Waals surface area contributed by atoms with Crippen molar-refractivity contribution in [3.05, 3.63) is 17.8 Å². The molecule has 2 heterocycles. The molecule has 1 saturated carbocycles. The van der Waals surface area contributed by atoms with E-state index in [-0.39, 0.29) is 0 Å². The molecular formula is C18H30N4. The minimum Gasteiger partial charge on any atom is -0.396 e. The topological polar surface area (TPSA) is 68.2 Å². The Bertz CT molecular complexity index is 472. The van der Waals surface area contributed by atoms with Gasteiger partial charge in [0.25, 0.3) is 0 Å². The van der Waals surface area contributed by atoms with Crippen molar-refractivity contribution >= 4 is 11.5 Å². The Morgan fingerprint density at radius 3 is 2.23 bits per heavy atom. The van der Waals surface area contributed by atoms with E-state index >= 15 is 0 Å². The van der Waals surface area contributed by atoms with Gasteiger partial charge in [0.05, 0.1) is 5.69 Å². The standard InChI is InChI=1S/C18H30N4/c19-17-16(8-11-21-18(17)20)14-9-12-22(13-10-14)15-6-4-2-1-3-5-7-15/h8,11,14-15H,1-7,9-10,12-13,19H2,(H2,20,21). The number of pyridine rings is 1. The van der Waals surface area contributed by atoms with Crippen molar-refractivity contribution in [3.8, 4) is 0 Å². The lowest BCUT2D eigenvalue weighted by molar-refractivity contribution is 0.129. The molecule has 1 aliphatic carbocycles. The van der Waals surface area contributed by atoms with Gasteiger partial charge in [-0.15, -0.1) is 0 Å². The normalized spacial score (nSPS) is 23.1. The van der Waals surface area contributed by atoms with E-state index in [0.29, 0.717) is 17.4 Å². The first-order chi connectivity index (χ1) is 10.8. The van der Waals surface area contributed by atoms with Crippen molar-refractivity contribution in [1.29, 1.82) is 0 Å². The van der Waals surface area contributed by atoms with E-state index in [9.17, 15) is 0 Å². The van der Waals surface area contributed by atoms with E-state index in [1.165, 1.54) is 76.4 Å². The molecule has 2 fully saturated rings. The lowest BCUT2D eigenvalue weighted by Gasteiger charge is -2.38. The van der Waals surface area contributed by atoms with E-state index in [0.717, 1.165) is 6.04 Å². The molecule has 1 aromatic rings. The van der Waals surface area contributed by atoms with Crippen molar-refractivity contribution in [1.82, 2.24) is 9.88 Å². The highest BCUT2D eigenvalue weighted by atomic mass is 15.2. The SMILES string of the molecule is Nc1nccc(C2CCN(C3CCCCCCC3)CC2)c1N. The lowest BCUT2D eigenvalue weighted by Crippen LogP contribution is -2.41. The van der Waals surface area contributed by atoms with Gasteiger partial charge in [-0.05, 0) is 56.3 Å². The number of nitrogens with zero attached hydrogens (tertiary/aromatic N) is 2. The summed E-state index contributed by atoms with van der Waals surface area (Å²) in [5.74, 6) is 1.04. The van der Waals surface area contributed by atoms with Gasteiger partial charge in [-0.1, -0.05) is 32.1 Å². The zero-order valence-electron chi connectivity index (χ0n) is 13.6. The van der Waals surface area contributed by atoms with E-state index in [1.54, 1.807) is 6.20 Å². The second-order valence-corrected chi connectivity index (χ2v) is 7.01. The van der Waals surface area contributed by atoms with Gasteiger partial charge in [0.1, 0.15) is 5.82 Å². The zero-order chi connectivity index (χ0) is 15.4. The third-order valence-electron chi connectivity index (χ3n) is 5.62. The minimum absolute atomic E-state index is 0.486. The summed E-state index contributed by atoms with van der Waals surface area (Å²) >= 11 is 0. The summed E-state index contributed by atoms with van der Waals surface area (Å²) in [5, 5.41) is 0. The maximum atomic E-state index is 6.13. The molecular weight excluding hydrogens is 272 g/mol. The predicted octanol–water partition coefficient (Wildman–Crippen LogP) is 3.54. The summed E-state index contributed by atoms with van der Waals surface area (Å²) in [5.41, 5.74) is 13.9. The van der Waals surface area contributed by atoms with Crippen LogP contribution in [0.3, 0.4) is 0 Å². The van der Waals surface area contributed by atoms with Crippen molar-refractivity contribution in [2.45, 2.75) is 69.7 Å². The Kier molecular flexibility index (Phi) is 5.19. The average Bonchev–Trinajstić information content (AvgIpc) is 2.50. The summed E-state index contributed by atoms with van der Waals surface area (Å²) in [6.07, 6.45) is 14.1. The third-order valence-corrected chi connectivity index (χ3v) is 5.62. The quantitative estimate of drug-likeness (QED) is 0.877. The van der Waals surface area contributed by atoms with E-state index < -0.39 is 0 Å². The van der Waals surface area contributed by atoms with Crippen LogP contribution in [0, 0.1) is 0 Å². The number of rotatable bonds is 2. The molecule has 1 saturated heterocycles. The molecule has 2 aliphatic rings. The average molecular weight is 302 g/mol. The highest BCUT2D eigenvalue weighted by molar-refractivity contribution is 5.63. The monoisotopic (exact) mass is 302 g/mol. The number of piperidine rings is 1. The number of hydrogen-bond acceptors (Lipinski definition) is 4. The second kappa shape index (κ2) is 7.32. The van der Waals surface area contributed by atoms with Crippen LogP contribution in [0.2, 0.25) is 0 Å². The fraction of sp³-hybridized carbons (Fsp3) is 0.722. The van der Waals surface area contributed by atoms with Crippen LogP contribution >= 0.6 is 0 Å². The van der Waals surface area contributed by atoms with E-state index in [2.05, 4.69) is 16.0 Å². The second-order valence-electron chi connectivity index (χ2n) is 7.01.